The predicted molar refractivity (Wildman–Crippen MR) is 111 cm³/mol. The third kappa shape index (κ3) is 4.43. The minimum absolute atomic E-state index is 0. The van der Waals surface area contributed by atoms with Crippen molar-refractivity contribution in [2.24, 2.45) is 0 Å². The normalized spacial score (nSPS) is 13.0. The van der Waals surface area contributed by atoms with Gasteiger partial charge in [0.2, 0.25) is 5.78 Å². The summed E-state index contributed by atoms with van der Waals surface area (Å²) in [6.45, 7) is 1.31. The van der Waals surface area contributed by atoms with E-state index < -0.39 is 0 Å². The van der Waals surface area contributed by atoms with Crippen molar-refractivity contribution in [3.63, 3.8) is 0 Å². The molecule has 158 valence electrons. The molecular formula is C24H27BrN2O3. The topological polar surface area (TPSA) is 44.3 Å². The van der Waals surface area contributed by atoms with Gasteiger partial charge >= 0.3 is 0 Å². The molecule has 0 aliphatic carbocycles. The first-order valence-electron chi connectivity index (χ1n) is 10.1. The Kier molecular flexibility index (Phi) is 7.32. The summed E-state index contributed by atoms with van der Waals surface area (Å²) >= 11 is 0. The van der Waals surface area contributed by atoms with Crippen LogP contribution in [0.2, 0.25) is 0 Å². The molecule has 0 unspecified atom stereocenters. The Hall–Kier alpha value is -2.60. The van der Waals surface area contributed by atoms with Gasteiger partial charge in [-0.05, 0) is 37.5 Å². The van der Waals surface area contributed by atoms with Crippen molar-refractivity contribution >= 4 is 5.78 Å². The van der Waals surface area contributed by atoms with Crippen LogP contribution >= 0.6 is 0 Å². The molecule has 0 radical (unpaired) electrons. The van der Waals surface area contributed by atoms with Crippen molar-refractivity contribution in [3.8, 4) is 22.8 Å². The molecule has 0 saturated heterocycles. The van der Waals surface area contributed by atoms with E-state index in [1.165, 1.54) is 29.9 Å². The Bertz CT molecular complexity index is 1010. The van der Waals surface area contributed by atoms with Crippen molar-refractivity contribution in [3.05, 3.63) is 66.1 Å². The number of Topliss-reactive ketones (excluding diaryl/α,β-unsaturated/α-hetero) is 1. The summed E-state index contributed by atoms with van der Waals surface area (Å²) in [5.41, 5.74) is 3.00. The van der Waals surface area contributed by atoms with Gasteiger partial charge in [0.1, 0.15) is 6.20 Å². The van der Waals surface area contributed by atoms with Gasteiger partial charge in [-0.1, -0.05) is 30.3 Å². The van der Waals surface area contributed by atoms with Crippen molar-refractivity contribution in [1.29, 1.82) is 0 Å². The number of imidazole rings is 1. The van der Waals surface area contributed by atoms with Gasteiger partial charge in [0, 0.05) is 17.5 Å². The van der Waals surface area contributed by atoms with Crippen LogP contribution in [0.4, 0.5) is 0 Å². The molecule has 1 aromatic heterocycles. The number of carbonyl (C=O) groups excluding carboxylic acids is 1. The van der Waals surface area contributed by atoms with E-state index in [0.29, 0.717) is 23.6 Å². The Morgan fingerprint density at radius 1 is 1.00 bits per heavy atom. The Labute approximate surface area is 188 Å². The maximum Gasteiger partial charge on any atom is 0.257 e. The number of ketones is 1. The molecule has 5 nitrogen and oxygen atoms in total. The van der Waals surface area contributed by atoms with Crippen molar-refractivity contribution in [1.82, 2.24) is 4.57 Å². The number of ether oxygens (including phenoxy) is 2. The number of fused-ring (bicyclic) bond motifs is 1. The lowest BCUT2D eigenvalue weighted by molar-refractivity contribution is -0.690. The largest absolute Gasteiger partial charge is 1.00 e. The Morgan fingerprint density at radius 2 is 1.77 bits per heavy atom. The molecule has 1 aliphatic rings. The van der Waals surface area contributed by atoms with Crippen LogP contribution in [0, 0.1) is 0 Å². The van der Waals surface area contributed by atoms with E-state index in [4.69, 9.17) is 9.47 Å². The van der Waals surface area contributed by atoms with E-state index in [1.807, 2.05) is 6.07 Å². The van der Waals surface area contributed by atoms with Gasteiger partial charge in [-0.25, -0.2) is 9.13 Å². The summed E-state index contributed by atoms with van der Waals surface area (Å²) < 4.78 is 15.2. The minimum Gasteiger partial charge on any atom is -1.00 e. The average molecular weight is 471 g/mol. The van der Waals surface area contributed by atoms with Crippen LogP contribution in [0.5, 0.6) is 11.5 Å². The molecule has 0 saturated carbocycles. The number of halogens is 1. The molecule has 0 N–H and O–H groups in total. The third-order valence-electron chi connectivity index (χ3n) is 5.58. The molecule has 3 aromatic rings. The summed E-state index contributed by atoms with van der Waals surface area (Å²) in [6.07, 6.45) is 6.67. The van der Waals surface area contributed by atoms with Gasteiger partial charge in [-0.15, -0.1) is 0 Å². The fourth-order valence-electron chi connectivity index (χ4n) is 4.08. The molecule has 1 aliphatic heterocycles. The molecule has 0 atom stereocenters. The highest BCUT2D eigenvalue weighted by Crippen LogP contribution is 2.28. The molecule has 0 amide bonds. The van der Waals surface area contributed by atoms with Crippen molar-refractivity contribution in [2.75, 3.05) is 14.2 Å². The first-order valence-corrected chi connectivity index (χ1v) is 10.1. The number of methoxy groups -OCH3 is 2. The van der Waals surface area contributed by atoms with Crippen LogP contribution in [0.1, 0.15) is 35.4 Å². The zero-order chi connectivity index (χ0) is 20.2. The molecule has 30 heavy (non-hydrogen) atoms. The van der Waals surface area contributed by atoms with E-state index in [-0.39, 0.29) is 22.8 Å². The number of carbonyl (C=O) groups is 1. The second-order valence-corrected chi connectivity index (χ2v) is 7.38. The second-order valence-electron chi connectivity index (χ2n) is 7.38. The lowest BCUT2D eigenvalue weighted by atomic mass is 10.1. The monoisotopic (exact) mass is 470 g/mol. The number of rotatable bonds is 6. The van der Waals surface area contributed by atoms with E-state index in [0.717, 1.165) is 19.4 Å². The van der Waals surface area contributed by atoms with E-state index in [9.17, 15) is 4.79 Å². The summed E-state index contributed by atoms with van der Waals surface area (Å²) in [5.74, 6) is 2.49. The van der Waals surface area contributed by atoms with Gasteiger partial charge in [-0.2, -0.15) is 0 Å². The van der Waals surface area contributed by atoms with E-state index in [2.05, 4.69) is 39.6 Å². The number of hydrogen-bond acceptors (Lipinski definition) is 3. The number of nitrogens with zero attached hydrogens (tertiary/aromatic N) is 2. The highest BCUT2D eigenvalue weighted by atomic mass is 79.9. The predicted octanol–water partition coefficient (Wildman–Crippen LogP) is 1.07. The molecule has 0 bridgehead atoms. The first-order chi connectivity index (χ1) is 14.2. The highest BCUT2D eigenvalue weighted by Gasteiger charge is 2.27. The van der Waals surface area contributed by atoms with Crippen LogP contribution in [0.3, 0.4) is 0 Å². The Balaban J connectivity index is 0.00000256. The Morgan fingerprint density at radius 3 is 2.50 bits per heavy atom. The zero-order valence-corrected chi connectivity index (χ0v) is 19.0. The van der Waals surface area contributed by atoms with Crippen LogP contribution in [0.15, 0.2) is 54.7 Å². The fourth-order valence-corrected chi connectivity index (χ4v) is 4.08. The fraction of sp³-hybridized carbons (Fsp3) is 0.333. The average Bonchev–Trinajstić information content (AvgIpc) is 2.93. The van der Waals surface area contributed by atoms with Crippen LogP contribution in [-0.4, -0.2) is 24.6 Å². The van der Waals surface area contributed by atoms with Gasteiger partial charge in [0.05, 0.1) is 20.8 Å². The van der Waals surface area contributed by atoms with Crippen LogP contribution in [0.25, 0.3) is 11.3 Å². The zero-order valence-electron chi connectivity index (χ0n) is 17.4. The smallest absolute Gasteiger partial charge is 0.257 e. The second kappa shape index (κ2) is 9.94. The number of benzene rings is 2. The first kappa shape index (κ1) is 22.1. The summed E-state index contributed by atoms with van der Waals surface area (Å²) in [4.78, 5) is 13.1. The van der Waals surface area contributed by atoms with Gasteiger partial charge in [0.25, 0.3) is 5.82 Å². The molecule has 2 aromatic carbocycles. The van der Waals surface area contributed by atoms with Crippen LogP contribution < -0.4 is 31.0 Å². The van der Waals surface area contributed by atoms with Gasteiger partial charge in [0.15, 0.2) is 23.7 Å². The van der Waals surface area contributed by atoms with E-state index in [1.54, 1.807) is 32.4 Å². The maximum atomic E-state index is 13.1. The van der Waals surface area contributed by atoms with E-state index >= 15 is 0 Å². The SMILES string of the molecule is COc1ccc(C(=O)C[n+]2cc(-c3ccccc3)n3c2CCCCC3)cc1OC.[Br-]. The van der Waals surface area contributed by atoms with Crippen molar-refractivity contribution in [2.45, 2.75) is 38.8 Å². The molecule has 6 heteroatoms. The molecule has 2 heterocycles. The number of aromatic nitrogens is 2. The summed E-state index contributed by atoms with van der Waals surface area (Å²) in [5, 5.41) is 0. The van der Waals surface area contributed by atoms with Crippen molar-refractivity contribution < 1.29 is 35.8 Å². The lowest BCUT2D eigenvalue weighted by Crippen LogP contribution is -3.00. The number of hydrogen-bond donors (Lipinski definition) is 0. The van der Waals surface area contributed by atoms with Gasteiger partial charge < -0.3 is 26.5 Å². The standard InChI is InChI=1S/C24H27N2O3.BrH/c1-28-22-13-12-19(15-23(22)29-2)21(27)17-25-16-20(18-9-5-3-6-10-18)26-14-8-4-7-11-24(25)26;/h3,5-6,9-10,12-13,15-16H,4,7-8,11,14,17H2,1-2H3;1H/q+1;/p-1. The van der Waals surface area contributed by atoms with Crippen LogP contribution in [-0.2, 0) is 19.5 Å². The van der Waals surface area contributed by atoms with Gasteiger partial charge in [-0.3, -0.25) is 4.79 Å². The summed E-state index contributed by atoms with van der Waals surface area (Å²) in [7, 11) is 3.18. The summed E-state index contributed by atoms with van der Waals surface area (Å²) in [6, 6.07) is 15.8. The third-order valence-corrected chi connectivity index (χ3v) is 5.58. The highest BCUT2D eigenvalue weighted by molar-refractivity contribution is 5.95. The molecular weight excluding hydrogens is 444 g/mol. The molecule has 0 fully saturated rings. The minimum atomic E-state index is 0. The molecule has 0 spiro atoms. The quantitative estimate of drug-likeness (QED) is 0.399. The molecule has 4 rings (SSSR count). The maximum absolute atomic E-state index is 13.1. The lowest BCUT2D eigenvalue weighted by Gasteiger charge is -2.09.